The number of furan rings is 1. The van der Waals surface area contributed by atoms with Crippen LogP contribution in [0.25, 0.3) is 0 Å². The number of aromatic nitrogens is 2. The van der Waals surface area contributed by atoms with Gasteiger partial charge < -0.3 is 19.8 Å². The van der Waals surface area contributed by atoms with E-state index in [-0.39, 0.29) is 0 Å². The molecule has 0 bridgehead atoms. The number of guanidine groups is 1. The maximum absolute atomic E-state index is 5.34. The molecule has 0 aliphatic heterocycles. The second kappa shape index (κ2) is 9.77. The molecule has 0 radical (unpaired) electrons. The van der Waals surface area contributed by atoms with Crippen molar-refractivity contribution in [1.82, 2.24) is 20.4 Å². The summed E-state index contributed by atoms with van der Waals surface area (Å²) in [6.45, 7) is 4.79. The van der Waals surface area contributed by atoms with Crippen molar-refractivity contribution in [1.29, 1.82) is 0 Å². The predicted molar refractivity (Wildman–Crippen MR) is 94.0 cm³/mol. The summed E-state index contributed by atoms with van der Waals surface area (Å²) in [5.41, 5.74) is 2.24. The van der Waals surface area contributed by atoms with Crippen LogP contribution in [0, 0.1) is 0 Å². The van der Waals surface area contributed by atoms with Gasteiger partial charge >= 0.3 is 0 Å². The highest BCUT2D eigenvalue weighted by atomic mass is 16.5. The highest BCUT2D eigenvalue weighted by molar-refractivity contribution is 5.79. The Morgan fingerprint density at radius 3 is 2.92 bits per heavy atom. The fourth-order valence-electron chi connectivity index (χ4n) is 2.38. The van der Waals surface area contributed by atoms with Gasteiger partial charge in [-0.25, -0.2) is 4.99 Å². The minimum absolute atomic E-state index is 0.597. The molecule has 2 aromatic rings. The number of methoxy groups -OCH3 is 1. The Labute approximate surface area is 143 Å². The Morgan fingerprint density at radius 1 is 1.38 bits per heavy atom. The Bertz CT molecular complexity index is 619. The van der Waals surface area contributed by atoms with Gasteiger partial charge in [-0.3, -0.25) is 4.68 Å². The second-order valence-electron chi connectivity index (χ2n) is 5.47. The topological polar surface area (TPSA) is 76.6 Å². The molecule has 0 aliphatic rings. The highest BCUT2D eigenvalue weighted by Gasteiger charge is 2.06. The average Bonchev–Trinajstić information content (AvgIpc) is 3.21. The van der Waals surface area contributed by atoms with Gasteiger partial charge in [0, 0.05) is 45.4 Å². The van der Waals surface area contributed by atoms with Crippen LogP contribution in [0.2, 0.25) is 0 Å². The maximum atomic E-state index is 5.34. The summed E-state index contributed by atoms with van der Waals surface area (Å²) in [5, 5.41) is 11.1. The molecule has 0 saturated carbocycles. The molecule has 0 fully saturated rings. The Kier molecular flexibility index (Phi) is 7.35. The van der Waals surface area contributed by atoms with E-state index in [1.54, 1.807) is 13.4 Å². The largest absolute Gasteiger partial charge is 0.469 e. The Balaban J connectivity index is 1.92. The van der Waals surface area contributed by atoms with Gasteiger partial charge in [0.25, 0.3) is 0 Å². The van der Waals surface area contributed by atoms with E-state index in [2.05, 4.69) is 27.6 Å². The molecule has 0 unspecified atom stereocenters. The van der Waals surface area contributed by atoms with Crippen LogP contribution < -0.4 is 10.6 Å². The minimum atomic E-state index is 0.597. The van der Waals surface area contributed by atoms with Crippen LogP contribution in [0.3, 0.4) is 0 Å². The molecule has 0 aromatic carbocycles. The van der Waals surface area contributed by atoms with Crippen molar-refractivity contribution in [2.75, 3.05) is 26.8 Å². The number of nitrogens with zero attached hydrogens (tertiary/aromatic N) is 3. The first-order valence-corrected chi connectivity index (χ1v) is 8.27. The summed E-state index contributed by atoms with van der Waals surface area (Å²) in [5.74, 6) is 1.73. The first kappa shape index (κ1) is 18.1. The van der Waals surface area contributed by atoms with Crippen LogP contribution in [0.5, 0.6) is 0 Å². The molecule has 0 spiro atoms. The molecular weight excluding hydrogens is 306 g/mol. The molecule has 7 nitrogen and oxygen atoms in total. The fraction of sp³-hybridized carbons (Fsp3) is 0.529. The Hall–Kier alpha value is -2.28. The summed E-state index contributed by atoms with van der Waals surface area (Å²) in [7, 11) is 3.62. The smallest absolute Gasteiger partial charge is 0.191 e. The summed E-state index contributed by atoms with van der Waals surface area (Å²) >= 11 is 0. The van der Waals surface area contributed by atoms with Crippen LogP contribution >= 0.6 is 0 Å². The maximum Gasteiger partial charge on any atom is 0.191 e. The standard InChI is InChI=1S/C17H27N5O2/c1-4-16-14(13-22(2)21-16)12-20-17(19-9-11-23-3)18-8-7-15-6-5-10-24-15/h5-6,10,13H,4,7-9,11-12H2,1-3H3,(H2,18,19,20). The number of hydrogen-bond donors (Lipinski definition) is 2. The third kappa shape index (κ3) is 5.73. The quantitative estimate of drug-likeness (QED) is 0.413. The summed E-state index contributed by atoms with van der Waals surface area (Å²) < 4.78 is 12.3. The molecule has 24 heavy (non-hydrogen) atoms. The summed E-state index contributed by atoms with van der Waals surface area (Å²) in [4.78, 5) is 4.66. The first-order chi connectivity index (χ1) is 11.7. The fourth-order valence-corrected chi connectivity index (χ4v) is 2.38. The zero-order chi connectivity index (χ0) is 17.2. The van der Waals surface area contributed by atoms with E-state index in [9.17, 15) is 0 Å². The number of aliphatic imine (C=N–C) groups is 1. The molecule has 7 heteroatoms. The molecular formula is C17H27N5O2. The number of ether oxygens (including phenoxy) is 1. The van der Waals surface area contributed by atoms with E-state index >= 15 is 0 Å². The molecule has 2 heterocycles. The van der Waals surface area contributed by atoms with Gasteiger partial charge in [0.15, 0.2) is 5.96 Å². The van der Waals surface area contributed by atoms with Crippen molar-refractivity contribution < 1.29 is 9.15 Å². The van der Waals surface area contributed by atoms with Gasteiger partial charge in [0.05, 0.1) is 25.1 Å². The highest BCUT2D eigenvalue weighted by Crippen LogP contribution is 2.08. The van der Waals surface area contributed by atoms with Gasteiger partial charge in [-0.05, 0) is 18.6 Å². The van der Waals surface area contributed by atoms with E-state index in [1.807, 2.05) is 30.1 Å². The molecule has 2 aromatic heterocycles. The summed E-state index contributed by atoms with van der Waals surface area (Å²) in [6.07, 6.45) is 5.43. The first-order valence-electron chi connectivity index (χ1n) is 8.27. The predicted octanol–water partition coefficient (Wildman–Crippen LogP) is 1.50. The minimum Gasteiger partial charge on any atom is -0.469 e. The van der Waals surface area contributed by atoms with Crippen LogP contribution in [0.1, 0.15) is 23.9 Å². The van der Waals surface area contributed by atoms with E-state index in [0.717, 1.165) is 42.4 Å². The molecule has 0 amide bonds. The van der Waals surface area contributed by atoms with Crippen molar-refractivity contribution >= 4 is 5.96 Å². The zero-order valence-corrected chi connectivity index (χ0v) is 14.7. The van der Waals surface area contributed by atoms with Crippen molar-refractivity contribution in [3.63, 3.8) is 0 Å². The van der Waals surface area contributed by atoms with E-state index in [1.165, 1.54) is 0 Å². The number of rotatable bonds is 9. The van der Waals surface area contributed by atoms with Crippen molar-refractivity contribution in [3.05, 3.63) is 41.6 Å². The van der Waals surface area contributed by atoms with Crippen LogP contribution in [0.15, 0.2) is 34.0 Å². The molecule has 0 saturated heterocycles. The molecule has 132 valence electrons. The lowest BCUT2D eigenvalue weighted by Gasteiger charge is -2.12. The number of hydrogen-bond acceptors (Lipinski definition) is 4. The summed E-state index contributed by atoms with van der Waals surface area (Å²) in [6, 6.07) is 3.87. The van der Waals surface area contributed by atoms with Gasteiger partial charge in [-0.1, -0.05) is 6.92 Å². The second-order valence-corrected chi connectivity index (χ2v) is 5.47. The lowest BCUT2D eigenvalue weighted by Crippen LogP contribution is -2.40. The monoisotopic (exact) mass is 333 g/mol. The SMILES string of the molecule is CCc1nn(C)cc1CN=C(NCCOC)NCCc1ccco1. The van der Waals surface area contributed by atoms with Gasteiger partial charge in [0.1, 0.15) is 5.76 Å². The van der Waals surface area contributed by atoms with Crippen LogP contribution in [-0.4, -0.2) is 42.5 Å². The normalized spacial score (nSPS) is 11.7. The molecule has 2 rings (SSSR count). The van der Waals surface area contributed by atoms with Crippen molar-refractivity contribution in [3.8, 4) is 0 Å². The van der Waals surface area contributed by atoms with E-state index in [0.29, 0.717) is 19.7 Å². The van der Waals surface area contributed by atoms with Gasteiger partial charge in [0.2, 0.25) is 0 Å². The van der Waals surface area contributed by atoms with Gasteiger partial charge in [-0.2, -0.15) is 5.10 Å². The zero-order valence-electron chi connectivity index (χ0n) is 14.7. The Morgan fingerprint density at radius 2 is 2.21 bits per heavy atom. The third-order valence-corrected chi connectivity index (χ3v) is 3.58. The van der Waals surface area contributed by atoms with Crippen molar-refractivity contribution in [2.24, 2.45) is 12.0 Å². The van der Waals surface area contributed by atoms with Gasteiger partial charge in [-0.15, -0.1) is 0 Å². The number of aryl methyl sites for hydroxylation is 2. The van der Waals surface area contributed by atoms with E-state index < -0.39 is 0 Å². The molecule has 0 atom stereocenters. The lowest BCUT2D eigenvalue weighted by molar-refractivity contribution is 0.203. The molecule has 0 aliphatic carbocycles. The van der Waals surface area contributed by atoms with Crippen molar-refractivity contribution in [2.45, 2.75) is 26.3 Å². The average molecular weight is 333 g/mol. The van der Waals surface area contributed by atoms with E-state index in [4.69, 9.17) is 9.15 Å². The van der Waals surface area contributed by atoms with Crippen LogP contribution in [0.4, 0.5) is 0 Å². The molecule has 2 N–H and O–H groups in total. The lowest BCUT2D eigenvalue weighted by atomic mass is 10.2. The van der Waals surface area contributed by atoms with Crippen LogP contribution in [-0.2, 0) is 31.2 Å². The number of nitrogens with one attached hydrogen (secondary N) is 2. The third-order valence-electron chi connectivity index (χ3n) is 3.58.